The first-order chi connectivity index (χ1) is 11.3. The highest BCUT2D eigenvalue weighted by Gasteiger charge is 2.31. The van der Waals surface area contributed by atoms with Gasteiger partial charge >= 0.3 is 0 Å². The molecule has 0 bridgehead atoms. The van der Waals surface area contributed by atoms with Crippen molar-refractivity contribution in [3.63, 3.8) is 0 Å². The molecule has 0 aliphatic carbocycles. The van der Waals surface area contributed by atoms with Gasteiger partial charge < -0.3 is 10.0 Å². The molecule has 128 valence electrons. The fraction of sp³-hybridized carbons (Fsp3) is 0.412. The van der Waals surface area contributed by atoms with Crippen molar-refractivity contribution in [3.05, 3.63) is 47.3 Å². The molecule has 3 rings (SSSR count). The molecule has 1 saturated heterocycles. The lowest BCUT2D eigenvalue weighted by Gasteiger charge is -2.35. The Balaban J connectivity index is 1.85. The Morgan fingerprint density at radius 2 is 1.92 bits per heavy atom. The van der Waals surface area contributed by atoms with E-state index in [2.05, 4.69) is 5.10 Å². The van der Waals surface area contributed by atoms with E-state index in [1.807, 2.05) is 0 Å². The average Bonchev–Trinajstić information content (AvgIpc) is 2.88. The summed E-state index contributed by atoms with van der Waals surface area (Å²) in [7, 11) is 0. The third kappa shape index (κ3) is 3.17. The van der Waals surface area contributed by atoms with E-state index >= 15 is 0 Å². The highest BCUT2D eigenvalue weighted by Crippen LogP contribution is 2.23. The number of amides is 1. The van der Waals surface area contributed by atoms with Gasteiger partial charge in [0.15, 0.2) is 11.5 Å². The minimum absolute atomic E-state index is 0.0922. The van der Waals surface area contributed by atoms with Crippen LogP contribution in [0.5, 0.6) is 0 Å². The lowest BCUT2D eigenvalue weighted by Crippen LogP contribution is -2.45. The van der Waals surface area contributed by atoms with Crippen LogP contribution in [0, 0.1) is 18.6 Å². The Hall–Kier alpha value is -2.28. The predicted octanol–water partition coefficient (Wildman–Crippen LogP) is 2.45. The number of likely N-dealkylation sites (tertiary alicyclic amines) is 1. The fourth-order valence-electron chi connectivity index (χ4n) is 2.83. The minimum Gasteiger partial charge on any atom is -0.390 e. The van der Waals surface area contributed by atoms with Gasteiger partial charge in [-0.3, -0.25) is 4.79 Å². The number of benzene rings is 1. The largest absolute Gasteiger partial charge is 0.390 e. The molecule has 2 heterocycles. The second-order valence-electron chi connectivity index (χ2n) is 6.47. The van der Waals surface area contributed by atoms with Crippen LogP contribution >= 0.6 is 0 Å². The highest BCUT2D eigenvalue weighted by atomic mass is 19.1. The molecule has 1 aliphatic heterocycles. The van der Waals surface area contributed by atoms with Crippen molar-refractivity contribution < 1.29 is 18.7 Å². The first-order valence-electron chi connectivity index (χ1n) is 7.81. The van der Waals surface area contributed by atoms with E-state index in [0.717, 1.165) is 12.1 Å². The molecule has 1 aromatic carbocycles. The quantitative estimate of drug-likeness (QED) is 0.917. The van der Waals surface area contributed by atoms with Gasteiger partial charge in [-0.1, -0.05) is 0 Å². The maximum Gasteiger partial charge on any atom is 0.274 e. The van der Waals surface area contributed by atoms with E-state index in [9.17, 15) is 18.7 Å². The molecule has 1 amide bonds. The Kier molecular flexibility index (Phi) is 4.13. The van der Waals surface area contributed by atoms with Gasteiger partial charge in [-0.05, 0) is 44.9 Å². The van der Waals surface area contributed by atoms with Gasteiger partial charge in [0, 0.05) is 24.8 Å². The molecule has 1 aliphatic rings. The Bertz CT molecular complexity index is 776. The van der Waals surface area contributed by atoms with Crippen molar-refractivity contribution in [1.82, 2.24) is 14.7 Å². The number of halogens is 2. The Morgan fingerprint density at radius 1 is 1.25 bits per heavy atom. The van der Waals surface area contributed by atoms with E-state index < -0.39 is 17.2 Å². The number of hydrogen-bond acceptors (Lipinski definition) is 3. The summed E-state index contributed by atoms with van der Waals surface area (Å²) < 4.78 is 28.3. The number of nitrogens with zero attached hydrogens (tertiary/aromatic N) is 3. The van der Waals surface area contributed by atoms with Crippen molar-refractivity contribution >= 4 is 5.91 Å². The number of hydrogen-bond donors (Lipinski definition) is 1. The lowest BCUT2D eigenvalue weighted by atomic mass is 9.94. The maximum absolute atomic E-state index is 13.9. The molecule has 0 atom stereocenters. The molecule has 1 N–H and O–H groups in total. The molecule has 0 radical (unpaired) electrons. The van der Waals surface area contributed by atoms with Crippen molar-refractivity contribution in [3.8, 4) is 5.69 Å². The molecular weight excluding hydrogens is 316 g/mol. The van der Waals surface area contributed by atoms with E-state index in [0.29, 0.717) is 31.6 Å². The van der Waals surface area contributed by atoms with Crippen LogP contribution in [0.1, 0.15) is 35.9 Å². The van der Waals surface area contributed by atoms with E-state index in [1.165, 1.54) is 10.7 Å². The van der Waals surface area contributed by atoms with Crippen LogP contribution in [0.4, 0.5) is 8.78 Å². The van der Waals surface area contributed by atoms with E-state index in [-0.39, 0.29) is 17.3 Å². The summed E-state index contributed by atoms with van der Waals surface area (Å²) in [6, 6.07) is 4.80. The average molecular weight is 335 g/mol. The van der Waals surface area contributed by atoms with Crippen LogP contribution in [0.15, 0.2) is 24.3 Å². The van der Waals surface area contributed by atoms with Gasteiger partial charge in [-0.15, -0.1) is 0 Å². The summed E-state index contributed by atoms with van der Waals surface area (Å²) in [5.41, 5.74) is 0.128. The minimum atomic E-state index is -0.747. The zero-order valence-electron chi connectivity index (χ0n) is 13.6. The summed E-state index contributed by atoms with van der Waals surface area (Å²) in [6.45, 7) is 4.35. The molecule has 1 fully saturated rings. The number of carbonyl (C=O) groups excluding carboxylic acids is 1. The van der Waals surface area contributed by atoms with Gasteiger partial charge in [0.2, 0.25) is 0 Å². The van der Waals surface area contributed by atoms with Gasteiger partial charge in [0.1, 0.15) is 11.5 Å². The summed E-state index contributed by atoms with van der Waals surface area (Å²) in [4.78, 5) is 14.2. The number of aromatic nitrogens is 2. The van der Waals surface area contributed by atoms with Gasteiger partial charge in [-0.25, -0.2) is 13.5 Å². The van der Waals surface area contributed by atoms with Gasteiger partial charge in [0.05, 0.1) is 5.60 Å². The molecule has 2 aromatic rings. The lowest BCUT2D eigenvalue weighted by molar-refractivity contribution is -0.00220. The monoisotopic (exact) mass is 335 g/mol. The summed E-state index contributed by atoms with van der Waals surface area (Å²) in [6.07, 6.45) is 1.01. The van der Waals surface area contributed by atoms with Crippen LogP contribution in [-0.2, 0) is 0 Å². The van der Waals surface area contributed by atoms with Crippen LogP contribution in [-0.4, -0.2) is 44.4 Å². The standard InChI is InChI=1S/C17H19F2N3O2/c1-11-9-14(16(23)21-7-5-17(2,24)6-8-21)20-22(11)15-4-3-12(18)10-13(15)19/h3-4,9-10,24H,5-8H2,1-2H3. The highest BCUT2D eigenvalue weighted by molar-refractivity contribution is 5.92. The predicted molar refractivity (Wildman–Crippen MR) is 84.0 cm³/mol. The fourth-order valence-corrected chi connectivity index (χ4v) is 2.83. The third-order valence-corrected chi connectivity index (χ3v) is 4.37. The molecule has 1 aromatic heterocycles. The summed E-state index contributed by atoms with van der Waals surface area (Å²) in [5, 5.41) is 14.1. The van der Waals surface area contributed by atoms with Gasteiger partial charge in [0.25, 0.3) is 5.91 Å². The zero-order valence-corrected chi connectivity index (χ0v) is 13.6. The first kappa shape index (κ1) is 16.6. The smallest absolute Gasteiger partial charge is 0.274 e. The third-order valence-electron chi connectivity index (χ3n) is 4.37. The topological polar surface area (TPSA) is 58.4 Å². The van der Waals surface area contributed by atoms with E-state index in [4.69, 9.17) is 0 Å². The molecule has 24 heavy (non-hydrogen) atoms. The van der Waals surface area contributed by atoms with Crippen LogP contribution < -0.4 is 0 Å². The second kappa shape index (κ2) is 5.98. The second-order valence-corrected chi connectivity index (χ2v) is 6.47. The van der Waals surface area contributed by atoms with Crippen molar-refractivity contribution in [2.75, 3.05) is 13.1 Å². The van der Waals surface area contributed by atoms with E-state index in [1.54, 1.807) is 24.8 Å². The SMILES string of the molecule is Cc1cc(C(=O)N2CCC(C)(O)CC2)nn1-c1ccc(F)cc1F. The van der Waals surface area contributed by atoms with Crippen LogP contribution in [0.3, 0.4) is 0 Å². The first-order valence-corrected chi connectivity index (χ1v) is 7.81. The molecule has 0 spiro atoms. The normalized spacial score (nSPS) is 17.1. The number of carbonyl (C=O) groups is 1. The molecule has 7 heteroatoms. The van der Waals surface area contributed by atoms with Gasteiger partial charge in [-0.2, -0.15) is 5.10 Å². The van der Waals surface area contributed by atoms with Crippen molar-refractivity contribution in [2.45, 2.75) is 32.3 Å². The van der Waals surface area contributed by atoms with Crippen molar-refractivity contribution in [1.29, 1.82) is 0 Å². The summed E-state index contributed by atoms with van der Waals surface area (Å²) in [5.74, 6) is -1.66. The molecule has 5 nitrogen and oxygen atoms in total. The van der Waals surface area contributed by atoms with Crippen LogP contribution in [0.2, 0.25) is 0 Å². The van der Waals surface area contributed by atoms with Crippen LogP contribution in [0.25, 0.3) is 5.69 Å². The number of piperidine rings is 1. The summed E-state index contributed by atoms with van der Waals surface area (Å²) >= 11 is 0. The van der Waals surface area contributed by atoms with Crippen molar-refractivity contribution in [2.24, 2.45) is 0 Å². The Morgan fingerprint density at radius 3 is 2.54 bits per heavy atom. The Labute approximate surface area is 138 Å². The molecule has 0 saturated carbocycles. The molecular formula is C17H19F2N3O2. The zero-order chi connectivity index (χ0) is 17.5. The number of aryl methyl sites for hydroxylation is 1. The maximum atomic E-state index is 13.9. The number of aliphatic hydroxyl groups is 1. The molecule has 0 unspecified atom stereocenters. The number of rotatable bonds is 2.